The minimum Gasteiger partial charge on any atom is -0.365 e. The van der Waals surface area contributed by atoms with E-state index in [1.165, 1.54) is 12.1 Å². The van der Waals surface area contributed by atoms with Crippen LogP contribution < -0.4 is 4.90 Å². The molecule has 0 aromatic heterocycles. The average molecular weight is 231 g/mol. The summed E-state index contributed by atoms with van der Waals surface area (Å²) in [5.41, 5.74) is 0.698. The van der Waals surface area contributed by atoms with Crippen LogP contribution in [0.1, 0.15) is 5.56 Å². The highest BCUT2D eigenvalue weighted by Crippen LogP contribution is 2.20. The molecule has 1 saturated heterocycles. The summed E-state index contributed by atoms with van der Waals surface area (Å²) in [5.74, 6) is -0.537. The van der Waals surface area contributed by atoms with E-state index in [0.29, 0.717) is 25.4 Å². The number of benzene rings is 1. The molecule has 1 aliphatic heterocycles. The van der Waals surface area contributed by atoms with Crippen molar-refractivity contribution in [1.29, 1.82) is 10.5 Å². The molecule has 0 radical (unpaired) electrons. The Kier molecular flexibility index (Phi) is 3.22. The summed E-state index contributed by atoms with van der Waals surface area (Å²) in [6.45, 7) is 1.48. The third-order valence-electron chi connectivity index (χ3n) is 2.65. The second-order valence-electron chi connectivity index (χ2n) is 3.71. The number of halogens is 1. The number of anilines is 1. The fourth-order valence-corrected chi connectivity index (χ4v) is 1.75. The van der Waals surface area contributed by atoms with Gasteiger partial charge in [0.15, 0.2) is 6.10 Å². The molecule has 4 nitrogen and oxygen atoms in total. The van der Waals surface area contributed by atoms with Crippen molar-refractivity contribution in [3.8, 4) is 12.1 Å². The summed E-state index contributed by atoms with van der Waals surface area (Å²) in [6.07, 6.45) is -0.484. The van der Waals surface area contributed by atoms with Crippen LogP contribution in [0.2, 0.25) is 0 Å². The summed E-state index contributed by atoms with van der Waals surface area (Å²) >= 11 is 0. The lowest BCUT2D eigenvalue weighted by Gasteiger charge is -2.31. The molecule has 0 aliphatic carbocycles. The number of morpholine rings is 1. The maximum atomic E-state index is 13.4. The SMILES string of the molecule is N#Cc1ccc(N2CCOC(C#N)C2)cc1F. The van der Waals surface area contributed by atoms with Gasteiger partial charge in [-0.05, 0) is 18.2 Å². The first-order valence-corrected chi connectivity index (χ1v) is 5.20. The van der Waals surface area contributed by atoms with Gasteiger partial charge >= 0.3 is 0 Å². The van der Waals surface area contributed by atoms with Gasteiger partial charge in [-0.15, -0.1) is 0 Å². The Morgan fingerprint density at radius 1 is 1.41 bits per heavy atom. The summed E-state index contributed by atoms with van der Waals surface area (Å²) in [7, 11) is 0. The van der Waals surface area contributed by atoms with Gasteiger partial charge in [-0.2, -0.15) is 10.5 Å². The van der Waals surface area contributed by atoms with E-state index in [-0.39, 0.29) is 5.56 Å². The first-order valence-electron chi connectivity index (χ1n) is 5.20. The van der Waals surface area contributed by atoms with Gasteiger partial charge in [-0.25, -0.2) is 4.39 Å². The quantitative estimate of drug-likeness (QED) is 0.733. The molecule has 1 aromatic carbocycles. The molecule has 1 unspecified atom stereocenters. The zero-order chi connectivity index (χ0) is 12.3. The molecule has 0 saturated carbocycles. The van der Waals surface area contributed by atoms with E-state index in [1.54, 1.807) is 12.1 Å². The largest absolute Gasteiger partial charge is 0.365 e. The van der Waals surface area contributed by atoms with E-state index in [4.69, 9.17) is 15.3 Å². The van der Waals surface area contributed by atoms with E-state index >= 15 is 0 Å². The van der Waals surface area contributed by atoms with Gasteiger partial charge < -0.3 is 9.64 Å². The van der Waals surface area contributed by atoms with Crippen LogP contribution in [0.15, 0.2) is 18.2 Å². The lowest BCUT2D eigenvalue weighted by atomic mass is 10.1. The summed E-state index contributed by atoms with van der Waals surface area (Å²) in [6, 6.07) is 8.25. The Hall–Kier alpha value is -2.11. The van der Waals surface area contributed by atoms with Gasteiger partial charge in [0.2, 0.25) is 0 Å². The number of hydrogen-bond donors (Lipinski definition) is 0. The topological polar surface area (TPSA) is 60.1 Å². The Morgan fingerprint density at radius 3 is 2.88 bits per heavy atom. The summed E-state index contributed by atoms with van der Waals surface area (Å²) < 4.78 is 18.6. The van der Waals surface area contributed by atoms with Crippen LogP contribution in [0.4, 0.5) is 10.1 Å². The zero-order valence-corrected chi connectivity index (χ0v) is 9.06. The highest BCUT2D eigenvalue weighted by molar-refractivity contribution is 5.51. The minimum atomic E-state index is -0.537. The number of rotatable bonds is 1. The molecule has 0 spiro atoms. The Balaban J connectivity index is 2.21. The van der Waals surface area contributed by atoms with Crippen molar-refractivity contribution in [3.63, 3.8) is 0 Å². The lowest BCUT2D eigenvalue weighted by Crippen LogP contribution is -2.41. The Morgan fingerprint density at radius 2 is 2.24 bits per heavy atom. The van der Waals surface area contributed by atoms with Crippen LogP contribution in [0.25, 0.3) is 0 Å². The van der Waals surface area contributed by atoms with Gasteiger partial charge in [0.1, 0.15) is 11.9 Å². The molecule has 0 N–H and O–H groups in total. The Labute approximate surface area is 98.4 Å². The van der Waals surface area contributed by atoms with E-state index in [2.05, 4.69) is 0 Å². The van der Waals surface area contributed by atoms with Crippen molar-refractivity contribution in [2.24, 2.45) is 0 Å². The third kappa shape index (κ3) is 2.35. The molecule has 1 fully saturated rings. The predicted octanol–water partition coefficient (Wildman–Crippen LogP) is 1.43. The normalized spacial score (nSPS) is 19.5. The molecular formula is C12H10FN3O. The van der Waals surface area contributed by atoms with E-state index in [9.17, 15) is 4.39 Å². The molecule has 0 amide bonds. The smallest absolute Gasteiger partial charge is 0.161 e. The molecule has 1 atom stereocenters. The Bertz CT molecular complexity index is 503. The van der Waals surface area contributed by atoms with Crippen molar-refractivity contribution >= 4 is 5.69 Å². The third-order valence-corrected chi connectivity index (χ3v) is 2.65. The molecule has 1 aromatic rings. The fraction of sp³-hybridized carbons (Fsp3) is 0.333. The first-order chi connectivity index (χ1) is 8.24. The lowest BCUT2D eigenvalue weighted by molar-refractivity contribution is 0.0764. The van der Waals surface area contributed by atoms with E-state index < -0.39 is 11.9 Å². The second kappa shape index (κ2) is 4.82. The van der Waals surface area contributed by atoms with Crippen LogP contribution in [0.3, 0.4) is 0 Å². The molecule has 2 rings (SSSR count). The van der Waals surface area contributed by atoms with Crippen LogP contribution in [-0.2, 0) is 4.74 Å². The van der Waals surface area contributed by atoms with Gasteiger partial charge in [-0.1, -0.05) is 0 Å². The summed E-state index contributed by atoms with van der Waals surface area (Å²) in [5, 5.41) is 17.4. The van der Waals surface area contributed by atoms with Crippen molar-refractivity contribution in [2.45, 2.75) is 6.10 Å². The van der Waals surface area contributed by atoms with E-state index in [1.807, 2.05) is 11.0 Å². The van der Waals surface area contributed by atoms with Gasteiger partial charge in [-0.3, -0.25) is 0 Å². The van der Waals surface area contributed by atoms with Crippen molar-refractivity contribution < 1.29 is 9.13 Å². The van der Waals surface area contributed by atoms with Gasteiger partial charge in [0, 0.05) is 12.2 Å². The van der Waals surface area contributed by atoms with Gasteiger partial charge in [0.05, 0.1) is 24.8 Å². The first kappa shape index (κ1) is 11.4. The molecule has 17 heavy (non-hydrogen) atoms. The van der Waals surface area contributed by atoms with Crippen LogP contribution >= 0.6 is 0 Å². The van der Waals surface area contributed by atoms with Crippen LogP contribution in [0.5, 0.6) is 0 Å². The number of nitriles is 2. The molecule has 86 valence electrons. The fourth-order valence-electron chi connectivity index (χ4n) is 1.75. The number of hydrogen-bond acceptors (Lipinski definition) is 4. The van der Waals surface area contributed by atoms with Crippen molar-refractivity contribution in [2.75, 3.05) is 24.6 Å². The standard InChI is InChI=1S/C12H10FN3O/c13-12-5-10(2-1-9(12)6-14)16-3-4-17-11(7-15)8-16/h1-2,5,11H,3-4,8H2. The summed E-state index contributed by atoms with van der Waals surface area (Å²) in [4.78, 5) is 1.88. The zero-order valence-electron chi connectivity index (χ0n) is 9.06. The molecule has 0 bridgehead atoms. The predicted molar refractivity (Wildman–Crippen MR) is 58.7 cm³/mol. The minimum absolute atomic E-state index is 0.0267. The van der Waals surface area contributed by atoms with E-state index in [0.717, 1.165) is 0 Å². The molecule has 5 heteroatoms. The number of ether oxygens (including phenoxy) is 1. The molecular weight excluding hydrogens is 221 g/mol. The highest BCUT2D eigenvalue weighted by atomic mass is 19.1. The maximum Gasteiger partial charge on any atom is 0.161 e. The second-order valence-corrected chi connectivity index (χ2v) is 3.71. The number of nitrogens with zero attached hydrogens (tertiary/aromatic N) is 3. The van der Waals surface area contributed by atoms with Crippen LogP contribution in [0, 0.1) is 28.5 Å². The average Bonchev–Trinajstić information content (AvgIpc) is 2.38. The van der Waals surface area contributed by atoms with Crippen molar-refractivity contribution in [1.82, 2.24) is 0 Å². The highest BCUT2D eigenvalue weighted by Gasteiger charge is 2.20. The van der Waals surface area contributed by atoms with Gasteiger partial charge in [0.25, 0.3) is 0 Å². The van der Waals surface area contributed by atoms with Crippen molar-refractivity contribution in [3.05, 3.63) is 29.6 Å². The maximum absolute atomic E-state index is 13.4. The monoisotopic (exact) mass is 231 g/mol. The van der Waals surface area contributed by atoms with Crippen LogP contribution in [-0.4, -0.2) is 25.8 Å². The molecule has 1 aliphatic rings. The molecule has 1 heterocycles.